The number of benzene rings is 4. The molecule has 1 amide bonds. The summed E-state index contributed by atoms with van der Waals surface area (Å²) >= 11 is 6.01. The fraction of sp³-hybridized carbons (Fsp3) is 0.115. The van der Waals surface area contributed by atoms with Crippen molar-refractivity contribution < 1.29 is 26.4 Å². The Kier molecular flexibility index (Phi) is 6.68. The van der Waals surface area contributed by atoms with Crippen LogP contribution in [0.1, 0.15) is 0 Å². The van der Waals surface area contributed by atoms with Crippen LogP contribution in [-0.4, -0.2) is 41.6 Å². The van der Waals surface area contributed by atoms with E-state index in [4.69, 9.17) is 16.3 Å². The van der Waals surface area contributed by atoms with Gasteiger partial charge in [-0.05, 0) is 53.9 Å². The number of sulfonamides is 2. The van der Waals surface area contributed by atoms with Gasteiger partial charge in [0.1, 0.15) is 5.75 Å². The van der Waals surface area contributed by atoms with Gasteiger partial charge in [0.2, 0.25) is 10.0 Å². The minimum Gasteiger partial charge on any atom is -0.476 e. The van der Waals surface area contributed by atoms with E-state index in [2.05, 4.69) is 10.0 Å². The largest absolute Gasteiger partial charge is 0.476 e. The van der Waals surface area contributed by atoms with Gasteiger partial charge in [-0.25, -0.2) is 16.8 Å². The summed E-state index contributed by atoms with van der Waals surface area (Å²) in [4.78, 5) is 13.0. The van der Waals surface area contributed by atoms with Crippen LogP contribution >= 0.6 is 11.6 Å². The zero-order valence-corrected chi connectivity index (χ0v) is 22.3. The van der Waals surface area contributed by atoms with Gasteiger partial charge in [0.15, 0.2) is 6.10 Å². The van der Waals surface area contributed by atoms with Gasteiger partial charge in [-0.2, -0.15) is 0 Å². The quantitative estimate of drug-likeness (QED) is 0.352. The number of halogens is 1. The number of rotatable bonds is 6. The van der Waals surface area contributed by atoms with Gasteiger partial charge in [0.05, 0.1) is 29.1 Å². The molecule has 1 aliphatic heterocycles. The molecule has 0 bridgehead atoms. The highest BCUT2D eigenvalue weighted by atomic mass is 35.5. The summed E-state index contributed by atoms with van der Waals surface area (Å²) in [6, 6.07) is 22.9. The van der Waals surface area contributed by atoms with Gasteiger partial charge in [-0.15, -0.1) is 0 Å². The number of amides is 1. The Morgan fingerprint density at radius 3 is 2.39 bits per heavy atom. The lowest BCUT2D eigenvalue weighted by molar-refractivity contribution is -0.122. The van der Waals surface area contributed by atoms with Crippen molar-refractivity contribution in [3.63, 3.8) is 0 Å². The molecule has 4 aromatic carbocycles. The van der Waals surface area contributed by atoms with Crippen molar-refractivity contribution in [1.82, 2.24) is 0 Å². The third-order valence-corrected chi connectivity index (χ3v) is 8.71. The standard InChI is InChI=1S/C26H22ClN3O6S2/c1-37(32,33)30-16-25(36-24-14-9-18(27)15-23(24)30)26(31)28-19-10-12-20(13-11-19)38(34,35)29-22-8-4-6-17-5-2-3-7-21(17)22/h2-15,25,29H,16H2,1H3,(H,28,31)/t25-/m1/s1. The first kappa shape index (κ1) is 25.8. The average Bonchev–Trinajstić information content (AvgIpc) is 2.88. The molecule has 0 saturated carbocycles. The van der Waals surface area contributed by atoms with E-state index >= 15 is 0 Å². The second-order valence-corrected chi connectivity index (χ2v) is 12.7. The van der Waals surface area contributed by atoms with Crippen LogP contribution in [0.15, 0.2) is 89.8 Å². The van der Waals surface area contributed by atoms with Crippen molar-refractivity contribution in [3.05, 3.63) is 90.0 Å². The summed E-state index contributed by atoms with van der Waals surface area (Å²) in [7, 11) is -7.62. The Balaban J connectivity index is 1.32. The number of carbonyl (C=O) groups excluding carboxylic acids is 1. The summed E-state index contributed by atoms with van der Waals surface area (Å²) in [5.74, 6) is -0.393. The summed E-state index contributed by atoms with van der Waals surface area (Å²) in [5.41, 5.74) is 1.01. The van der Waals surface area contributed by atoms with Crippen LogP contribution in [0.3, 0.4) is 0 Å². The smallest absolute Gasteiger partial charge is 0.267 e. The van der Waals surface area contributed by atoms with Crippen LogP contribution in [0.4, 0.5) is 17.1 Å². The van der Waals surface area contributed by atoms with Crippen molar-refractivity contribution in [1.29, 1.82) is 0 Å². The van der Waals surface area contributed by atoms with Crippen LogP contribution in [0.25, 0.3) is 10.8 Å². The van der Waals surface area contributed by atoms with Crippen molar-refractivity contribution in [3.8, 4) is 5.75 Å². The topological polar surface area (TPSA) is 122 Å². The number of nitrogens with zero attached hydrogens (tertiary/aromatic N) is 1. The van der Waals surface area contributed by atoms with E-state index in [0.29, 0.717) is 16.4 Å². The van der Waals surface area contributed by atoms with Crippen molar-refractivity contribution >= 4 is 65.4 Å². The molecule has 0 spiro atoms. The van der Waals surface area contributed by atoms with Gasteiger partial charge >= 0.3 is 0 Å². The molecule has 9 nitrogen and oxygen atoms in total. The van der Waals surface area contributed by atoms with Gasteiger partial charge < -0.3 is 10.1 Å². The molecule has 4 aromatic rings. The molecular weight excluding hydrogens is 550 g/mol. The Morgan fingerprint density at radius 1 is 0.947 bits per heavy atom. The molecule has 196 valence electrons. The zero-order valence-electron chi connectivity index (χ0n) is 20.0. The SMILES string of the molecule is CS(=O)(=O)N1C[C@H](C(=O)Nc2ccc(S(=O)(=O)Nc3cccc4ccccc34)cc2)Oc2ccc(Cl)cc21. The van der Waals surface area contributed by atoms with Crippen LogP contribution < -0.4 is 19.1 Å². The number of fused-ring (bicyclic) bond motifs is 2. The zero-order chi connectivity index (χ0) is 27.1. The van der Waals surface area contributed by atoms with E-state index in [-0.39, 0.29) is 22.9 Å². The Hall–Kier alpha value is -3.80. The minimum absolute atomic E-state index is 0.00593. The summed E-state index contributed by atoms with van der Waals surface area (Å²) in [6.45, 7) is -0.251. The molecule has 0 aliphatic carbocycles. The molecule has 0 radical (unpaired) electrons. The van der Waals surface area contributed by atoms with E-state index in [1.165, 1.54) is 42.5 Å². The number of anilines is 3. The highest BCUT2D eigenvalue weighted by Gasteiger charge is 2.35. The maximum atomic E-state index is 13.0. The molecule has 1 aliphatic rings. The number of hydrogen-bond acceptors (Lipinski definition) is 6. The van der Waals surface area contributed by atoms with Gasteiger partial charge in [-0.3, -0.25) is 13.8 Å². The predicted molar refractivity (Wildman–Crippen MR) is 148 cm³/mol. The van der Waals surface area contributed by atoms with Crippen molar-refractivity contribution in [2.45, 2.75) is 11.0 Å². The normalized spacial score (nSPS) is 15.4. The first-order chi connectivity index (χ1) is 18.0. The highest BCUT2D eigenvalue weighted by Crippen LogP contribution is 2.37. The van der Waals surface area contributed by atoms with E-state index in [9.17, 15) is 21.6 Å². The second-order valence-electron chi connectivity index (χ2n) is 8.66. The lowest BCUT2D eigenvalue weighted by atomic mass is 10.1. The molecule has 0 fully saturated rings. The predicted octanol–water partition coefficient (Wildman–Crippen LogP) is 4.46. The number of nitrogens with one attached hydrogen (secondary N) is 2. The molecular formula is C26H22ClN3O6S2. The highest BCUT2D eigenvalue weighted by molar-refractivity contribution is 7.92. The fourth-order valence-electron chi connectivity index (χ4n) is 4.13. The first-order valence-electron chi connectivity index (χ1n) is 11.4. The van der Waals surface area contributed by atoms with Crippen LogP contribution in [0.5, 0.6) is 5.75 Å². The Morgan fingerprint density at radius 2 is 1.66 bits per heavy atom. The molecule has 2 N–H and O–H groups in total. The molecule has 12 heteroatoms. The van der Waals surface area contributed by atoms with Crippen LogP contribution in [0.2, 0.25) is 5.02 Å². The molecule has 1 heterocycles. The molecule has 38 heavy (non-hydrogen) atoms. The average molecular weight is 572 g/mol. The van der Waals surface area contributed by atoms with Crippen LogP contribution in [0, 0.1) is 0 Å². The summed E-state index contributed by atoms with van der Waals surface area (Å²) < 4.78 is 60.1. The molecule has 5 rings (SSSR count). The molecule has 1 atom stereocenters. The van der Waals surface area contributed by atoms with E-state index in [1.807, 2.05) is 30.3 Å². The maximum Gasteiger partial charge on any atom is 0.267 e. The second kappa shape index (κ2) is 9.82. The van der Waals surface area contributed by atoms with Gasteiger partial charge in [0.25, 0.3) is 15.9 Å². The van der Waals surface area contributed by atoms with Crippen molar-refractivity contribution in [2.24, 2.45) is 0 Å². The Bertz CT molecular complexity index is 1750. The fourth-order valence-corrected chi connectivity index (χ4v) is 6.29. The van der Waals surface area contributed by atoms with Gasteiger partial charge in [-0.1, -0.05) is 48.0 Å². The first-order valence-corrected chi connectivity index (χ1v) is 15.1. The Labute approximate surface area is 225 Å². The summed E-state index contributed by atoms with van der Waals surface area (Å²) in [5, 5.41) is 4.64. The molecule has 0 aromatic heterocycles. The summed E-state index contributed by atoms with van der Waals surface area (Å²) in [6.07, 6.45) is -0.112. The van der Waals surface area contributed by atoms with E-state index < -0.39 is 32.1 Å². The lowest BCUT2D eigenvalue weighted by Crippen LogP contribution is -2.48. The van der Waals surface area contributed by atoms with E-state index in [1.54, 1.807) is 12.1 Å². The number of hydrogen-bond donors (Lipinski definition) is 2. The van der Waals surface area contributed by atoms with Gasteiger partial charge in [0, 0.05) is 16.1 Å². The third-order valence-electron chi connectivity index (χ3n) is 5.95. The third kappa shape index (κ3) is 5.26. The maximum absolute atomic E-state index is 13.0. The van der Waals surface area contributed by atoms with E-state index in [0.717, 1.165) is 21.3 Å². The lowest BCUT2D eigenvalue weighted by Gasteiger charge is -2.34. The minimum atomic E-state index is -3.90. The number of carbonyl (C=O) groups is 1. The monoisotopic (exact) mass is 571 g/mol. The molecule has 0 unspecified atom stereocenters. The van der Waals surface area contributed by atoms with Crippen molar-refractivity contribution in [2.75, 3.05) is 27.1 Å². The van der Waals surface area contributed by atoms with Crippen LogP contribution in [-0.2, 0) is 24.8 Å². The number of ether oxygens (including phenoxy) is 1. The molecule has 0 saturated heterocycles.